The van der Waals surface area contributed by atoms with Crippen LogP contribution in [0.4, 0.5) is 0 Å². The lowest BCUT2D eigenvalue weighted by atomic mass is 9.97. The number of hydrogen-bond acceptors (Lipinski definition) is 6. The van der Waals surface area contributed by atoms with Gasteiger partial charge in [0, 0.05) is 5.56 Å². The largest absolute Gasteiger partial charge is 0.496 e. The third kappa shape index (κ3) is 3.23. The van der Waals surface area contributed by atoms with Crippen molar-refractivity contribution >= 4 is 17.1 Å². The van der Waals surface area contributed by atoms with Crippen LogP contribution in [0, 0.1) is 20.8 Å². The molecule has 0 saturated heterocycles. The second-order valence-corrected chi connectivity index (χ2v) is 6.39. The molecule has 0 atom stereocenters. The van der Waals surface area contributed by atoms with E-state index in [4.69, 9.17) is 18.6 Å². The highest BCUT2D eigenvalue weighted by Crippen LogP contribution is 2.43. The van der Waals surface area contributed by atoms with Crippen molar-refractivity contribution in [3.05, 3.63) is 40.5 Å². The Kier molecular flexibility index (Phi) is 5.08. The number of hydrogen-bond donors (Lipinski definition) is 0. The molecule has 0 N–H and O–H groups in total. The van der Waals surface area contributed by atoms with Gasteiger partial charge in [-0.25, -0.2) is 4.98 Å². The van der Waals surface area contributed by atoms with Gasteiger partial charge in [0.2, 0.25) is 5.89 Å². The molecule has 0 saturated carbocycles. The minimum Gasteiger partial charge on any atom is -0.496 e. The molecule has 3 aromatic rings. The number of nitrogens with zero attached hydrogens (tertiary/aromatic N) is 1. The van der Waals surface area contributed by atoms with Gasteiger partial charge < -0.3 is 18.6 Å². The van der Waals surface area contributed by atoms with Crippen molar-refractivity contribution in [2.24, 2.45) is 0 Å². The molecule has 0 aliphatic carbocycles. The first kappa shape index (κ1) is 18.8. The summed E-state index contributed by atoms with van der Waals surface area (Å²) in [6.45, 7) is 5.94. The van der Waals surface area contributed by atoms with Crippen molar-refractivity contribution in [2.75, 3.05) is 21.3 Å². The molecule has 1 aromatic heterocycles. The van der Waals surface area contributed by atoms with Gasteiger partial charge in [-0.2, -0.15) is 0 Å². The number of esters is 1. The molecule has 6 nitrogen and oxygen atoms in total. The maximum atomic E-state index is 11.5. The Morgan fingerprint density at radius 1 is 1.00 bits per heavy atom. The van der Waals surface area contributed by atoms with Crippen LogP contribution in [-0.4, -0.2) is 32.3 Å². The van der Waals surface area contributed by atoms with E-state index in [0.717, 1.165) is 33.6 Å². The van der Waals surface area contributed by atoms with E-state index in [1.165, 1.54) is 7.11 Å². The van der Waals surface area contributed by atoms with Crippen molar-refractivity contribution in [2.45, 2.75) is 27.2 Å². The zero-order chi connectivity index (χ0) is 19.7. The van der Waals surface area contributed by atoms with E-state index in [2.05, 4.69) is 4.98 Å². The number of fused-ring (bicyclic) bond motifs is 1. The van der Waals surface area contributed by atoms with Crippen LogP contribution < -0.4 is 9.47 Å². The number of aromatic nitrogens is 1. The van der Waals surface area contributed by atoms with Gasteiger partial charge in [0.25, 0.3) is 0 Å². The highest BCUT2D eigenvalue weighted by atomic mass is 16.5. The maximum Gasteiger partial charge on any atom is 0.309 e. The lowest BCUT2D eigenvalue weighted by Gasteiger charge is -2.18. The SMILES string of the molecule is COC(=O)Cc1ccc2oc(-c3c(C)c(OC)c(C)c(C)c3OC)nc2c1. The fraction of sp³-hybridized carbons (Fsp3) is 0.333. The standard InChI is InChI=1S/C21H23NO5/c1-11-12(2)20(26-6)18(13(3)19(11)25-5)21-22-15-9-14(10-17(23)24-4)7-8-16(15)27-21/h7-9H,10H2,1-6H3. The van der Waals surface area contributed by atoms with Gasteiger partial charge in [-0.15, -0.1) is 0 Å². The molecular formula is C21H23NO5. The highest BCUT2D eigenvalue weighted by molar-refractivity contribution is 5.82. The van der Waals surface area contributed by atoms with Gasteiger partial charge in [-0.1, -0.05) is 6.07 Å². The van der Waals surface area contributed by atoms with E-state index in [0.29, 0.717) is 22.7 Å². The van der Waals surface area contributed by atoms with E-state index in [-0.39, 0.29) is 12.4 Å². The summed E-state index contributed by atoms with van der Waals surface area (Å²) in [4.78, 5) is 16.2. The Labute approximate surface area is 158 Å². The van der Waals surface area contributed by atoms with Crippen molar-refractivity contribution in [3.63, 3.8) is 0 Å². The number of benzene rings is 2. The van der Waals surface area contributed by atoms with E-state index in [1.54, 1.807) is 14.2 Å². The quantitative estimate of drug-likeness (QED) is 0.629. The Hall–Kier alpha value is -3.02. The minimum absolute atomic E-state index is 0.189. The molecule has 1 heterocycles. The lowest BCUT2D eigenvalue weighted by Crippen LogP contribution is -2.04. The fourth-order valence-electron chi connectivity index (χ4n) is 3.34. The second kappa shape index (κ2) is 7.31. The third-order valence-corrected chi connectivity index (χ3v) is 4.84. The van der Waals surface area contributed by atoms with Gasteiger partial charge in [-0.05, 0) is 49.6 Å². The summed E-state index contributed by atoms with van der Waals surface area (Å²) in [5, 5.41) is 0. The molecule has 2 aromatic carbocycles. The van der Waals surface area contributed by atoms with Gasteiger partial charge in [0.1, 0.15) is 17.0 Å². The Morgan fingerprint density at radius 3 is 2.30 bits per heavy atom. The Morgan fingerprint density at radius 2 is 1.67 bits per heavy atom. The summed E-state index contributed by atoms with van der Waals surface area (Å²) in [5.74, 6) is 1.66. The normalized spacial score (nSPS) is 10.9. The molecule has 0 amide bonds. The zero-order valence-corrected chi connectivity index (χ0v) is 16.4. The van der Waals surface area contributed by atoms with Crippen LogP contribution >= 0.6 is 0 Å². The van der Waals surface area contributed by atoms with Gasteiger partial charge >= 0.3 is 5.97 Å². The number of ether oxygens (including phenoxy) is 3. The molecule has 0 aliphatic heterocycles. The monoisotopic (exact) mass is 369 g/mol. The van der Waals surface area contributed by atoms with E-state index in [1.807, 2.05) is 39.0 Å². The number of carbonyl (C=O) groups excluding carboxylic acids is 1. The van der Waals surface area contributed by atoms with Crippen LogP contribution in [-0.2, 0) is 16.0 Å². The number of oxazole rings is 1. The first-order valence-electron chi connectivity index (χ1n) is 8.59. The predicted octanol–water partition coefficient (Wildman–Crippen LogP) is 4.15. The number of rotatable bonds is 5. The van der Waals surface area contributed by atoms with Crippen LogP contribution in [0.2, 0.25) is 0 Å². The summed E-state index contributed by atoms with van der Waals surface area (Å²) in [7, 11) is 4.65. The van der Waals surface area contributed by atoms with Crippen LogP contribution in [0.25, 0.3) is 22.6 Å². The molecule has 6 heteroatoms. The second-order valence-electron chi connectivity index (χ2n) is 6.39. The van der Waals surface area contributed by atoms with Crippen molar-refractivity contribution in [1.82, 2.24) is 4.98 Å². The van der Waals surface area contributed by atoms with Crippen LogP contribution in [0.15, 0.2) is 22.6 Å². The van der Waals surface area contributed by atoms with Gasteiger partial charge in [0.15, 0.2) is 5.58 Å². The molecule has 0 fully saturated rings. The Bertz CT molecular complexity index is 1020. The summed E-state index contributed by atoms with van der Waals surface area (Å²) in [5.41, 5.74) is 5.79. The summed E-state index contributed by atoms with van der Waals surface area (Å²) < 4.78 is 22.0. The van der Waals surface area contributed by atoms with Gasteiger partial charge in [0.05, 0.1) is 33.3 Å². The van der Waals surface area contributed by atoms with E-state index in [9.17, 15) is 4.79 Å². The molecule has 0 unspecified atom stereocenters. The smallest absolute Gasteiger partial charge is 0.309 e. The van der Waals surface area contributed by atoms with Crippen molar-refractivity contribution < 1.29 is 23.4 Å². The highest BCUT2D eigenvalue weighted by Gasteiger charge is 2.23. The maximum absolute atomic E-state index is 11.5. The molecule has 0 bridgehead atoms. The molecule has 142 valence electrons. The summed E-state index contributed by atoms with van der Waals surface area (Å²) in [6.07, 6.45) is 0.189. The lowest BCUT2D eigenvalue weighted by molar-refractivity contribution is -0.139. The topological polar surface area (TPSA) is 70.8 Å². The molecule has 27 heavy (non-hydrogen) atoms. The van der Waals surface area contributed by atoms with Crippen LogP contribution in [0.3, 0.4) is 0 Å². The molecule has 0 spiro atoms. The predicted molar refractivity (Wildman–Crippen MR) is 102 cm³/mol. The Balaban J connectivity index is 2.18. The molecule has 0 aliphatic rings. The number of methoxy groups -OCH3 is 3. The average Bonchev–Trinajstić information content (AvgIpc) is 3.07. The van der Waals surface area contributed by atoms with Gasteiger partial charge in [-0.3, -0.25) is 4.79 Å². The summed E-state index contributed by atoms with van der Waals surface area (Å²) >= 11 is 0. The first-order chi connectivity index (χ1) is 12.9. The molecule has 3 rings (SSSR count). The third-order valence-electron chi connectivity index (χ3n) is 4.84. The number of carbonyl (C=O) groups is 1. The first-order valence-corrected chi connectivity index (χ1v) is 8.59. The molecule has 0 radical (unpaired) electrons. The van der Waals surface area contributed by atoms with Crippen LogP contribution in [0.5, 0.6) is 11.5 Å². The minimum atomic E-state index is -0.297. The zero-order valence-electron chi connectivity index (χ0n) is 16.4. The van der Waals surface area contributed by atoms with E-state index < -0.39 is 0 Å². The fourth-order valence-corrected chi connectivity index (χ4v) is 3.34. The molecular weight excluding hydrogens is 346 g/mol. The average molecular weight is 369 g/mol. The van der Waals surface area contributed by atoms with E-state index >= 15 is 0 Å². The van der Waals surface area contributed by atoms with Crippen molar-refractivity contribution in [3.8, 4) is 23.0 Å². The summed E-state index contributed by atoms with van der Waals surface area (Å²) in [6, 6.07) is 5.48. The van der Waals surface area contributed by atoms with Crippen molar-refractivity contribution in [1.29, 1.82) is 0 Å². The van der Waals surface area contributed by atoms with Crippen LogP contribution in [0.1, 0.15) is 22.3 Å².